The van der Waals surface area contributed by atoms with Crippen LogP contribution >= 0.6 is 28.1 Å². The Morgan fingerprint density at radius 3 is 2.46 bits per heavy atom. The van der Waals surface area contributed by atoms with Gasteiger partial charge in [-0.15, -0.1) is 0 Å². The Labute approximate surface area is 154 Å². The van der Waals surface area contributed by atoms with Crippen LogP contribution in [0.15, 0.2) is 70.9 Å². The predicted octanol–water partition coefficient (Wildman–Crippen LogP) is 4.54. The van der Waals surface area contributed by atoms with Gasteiger partial charge in [-0.1, -0.05) is 64.0 Å². The van der Waals surface area contributed by atoms with Gasteiger partial charge in [0.05, 0.1) is 5.69 Å². The standard InChI is InChI=1S/C19H15BrN2OS/c1-13-7-9-16(10-8-13)22-18(23)17(21-19(22)24)12-15(20)11-14-5-3-2-4-6-14/h2-12H,1H3,(H,21,24)/b15-11-,17-12?. The second-order valence-corrected chi connectivity index (χ2v) is 6.71. The fraction of sp³-hybridized carbons (Fsp3) is 0.0526. The average molecular weight is 399 g/mol. The molecule has 1 fully saturated rings. The molecule has 2 aromatic rings. The number of hydrogen-bond donors (Lipinski definition) is 1. The van der Waals surface area contributed by atoms with Crippen molar-refractivity contribution in [3.05, 3.63) is 82.0 Å². The summed E-state index contributed by atoms with van der Waals surface area (Å²) in [6.45, 7) is 2.00. The van der Waals surface area contributed by atoms with Gasteiger partial charge >= 0.3 is 0 Å². The van der Waals surface area contributed by atoms with Gasteiger partial charge in [0.2, 0.25) is 0 Å². The van der Waals surface area contributed by atoms with Gasteiger partial charge in [-0.05, 0) is 49.0 Å². The fourth-order valence-electron chi connectivity index (χ4n) is 2.35. The lowest BCUT2D eigenvalue weighted by Gasteiger charge is -2.13. The third kappa shape index (κ3) is 3.63. The van der Waals surface area contributed by atoms with Crippen molar-refractivity contribution >= 4 is 50.9 Å². The molecule has 0 aromatic heterocycles. The Bertz CT molecular complexity index is 841. The maximum Gasteiger partial charge on any atom is 0.281 e. The summed E-state index contributed by atoms with van der Waals surface area (Å²) < 4.78 is 0.790. The van der Waals surface area contributed by atoms with Gasteiger partial charge in [0, 0.05) is 4.48 Å². The molecule has 1 saturated heterocycles. The number of nitrogens with zero attached hydrogens (tertiary/aromatic N) is 1. The average Bonchev–Trinajstić information content (AvgIpc) is 2.83. The highest BCUT2D eigenvalue weighted by molar-refractivity contribution is 9.12. The smallest absolute Gasteiger partial charge is 0.281 e. The largest absolute Gasteiger partial charge is 0.327 e. The number of nitrogens with one attached hydrogen (secondary N) is 1. The van der Waals surface area contributed by atoms with Crippen LogP contribution in [0.25, 0.3) is 6.08 Å². The molecule has 24 heavy (non-hydrogen) atoms. The van der Waals surface area contributed by atoms with Crippen LogP contribution in [-0.2, 0) is 4.79 Å². The van der Waals surface area contributed by atoms with Crippen LogP contribution in [0.5, 0.6) is 0 Å². The SMILES string of the molecule is Cc1ccc(N2C(=O)C(=C/C(Br)=C/c3ccccc3)NC2=S)cc1. The number of carbonyl (C=O) groups is 1. The zero-order valence-corrected chi connectivity index (χ0v) is 15.4. The minimum absolute atomic E-state index is 0.165. The van der Waals surface area contributed by atoms with Gasteiger partial charge in [0.15, 0.2) is 5.11 Å². The van der Waals surface area contributed by atoms with E-state index >= 15 is 0 Å². The van der Waals surface area contributed by atoms with Gasteiger partial charge in [-0.2, -0.15) is 0 Å². The highest BCUT2D eigenvalue weighted by atomic mass is 79.9. The van der Waals surface area contributed by atoms with Crippen LogP contribution in [-0.4, -0.2) is 11.0 Å². The van der Waals surface area contributed by atoms with E-state index in [0.29, 0.717) is 10.8 Å². The molecule has 1 heterocycles. The molecule has 3 rings (SSSR count). The molecule has 0 saturated carbocycles. The summed E-state index contributed by atoms with van der Waals surface area (Å²) in [5, 5.41) is 3.37. The van der Waals surface area contributed by atoms with Crippen molar-refractivity contribution in [2.24, 2.45) is 0 Å². The zero-order chi connectivity index (χ0) is 17.1. The first-order chi connectivity index (χ1) is 11.5. The molecule has 2 aromatic carbocycles. The van der Waals surface area contributed by atoms with Crippen molar-refractivity contribution in [3.63, 3.8) is 0 Å². The zero-order valence-electron chi connectivity index (χ0n) is 13.0. The molecule has 1 aliphatic heterocycles. The molecule has 1 amide bonds. The molecule has 1 aliphatic rings. The lowest BCUT2D eigenvalue weighted by Crippen LogP contribution is -2.30. The summed E-state index contributed by atoms with van der Waals surface area (Å²) in [6.07, 6.45) is 3.69. The monoisotopic (exact) mass is 398 g/mol. The summed E-state index contributed by atoms with van der Waals surface area (Å²) in [7, 11) is 0. The van der Waals surface area contributed by atoms with Gasteiger partial charge in [-0.3, -0.25) is 9.69 Å². The van der Waals surface area contributed by atoms with Crippen LogP contribution in [0.2, 0.25) is 0 Å². The van der Waals surface area contributed by atoms with Gasteiger partial charge in [0.1, 0.15) is 5.70 Å². The van der Waals surface area contributed by atoms with E-state index in [1.807, 2.05) is 67.6 Å². The van der Waals surface area contributed by atoms with Crippen molar-refractivity contribution in [1.82, 2.24) is 5.32 Å². The summed E-state index contributed by atoms with van der Waals surface area (Å²) in [5.74, 6) is -0.165. The van der Waals surface area contributed by atoms with Crippen molar-refractivity contribution in [3.8, 4) is 0 Å². The molecular formula is C19H15BrN2OS. The first kappa shape index (κ1) is 16.6. The minimum Gasteiger partial charge on any atom is -0.327 e. The fourth-order valence-corrected chi connectivity index (χ4v) is 3.14. The second kappa shape index (κ2) is 7.11. The number of anilines is 1. The molecule has 0 unspecified atom stereocenters. The number of rotatable bonds is 3. The molecule has 0 radical (unpaired) electrons. The number of allylic oxidation sites excluding steroid dienone is 2. The maximum absolute atomic E-state index is 12.6. The van der Waals surface area contributed by atoms with E-state index in [0.717, 1.165) is 21.3 Å². The third-order valence-corrected chi connectivity index (χ3v) is 4.30. The molecule has 0 aliphatic carbocycles. The topological polar surface area (TPSA) is 32.3 Å². The van der Waals surface area contributed by atoms with Crippen molar-refractivity contribution in [2.75, 3.05) is 4.90 Å². The highest BCUT2D eigenvalue weighted by Crippen LogP contribution is 2.23. The van der Waals surface area contributed by atoms with Crippen LogP contribution < -0.4 is 10.2 Å². The second-order valence-electron chi connectivity index (χ2n) is 5.40. The Balaban J connectivity index is 1.85. The van der Waals surface area contributed by atoms with Gasteiger partial charge < -0.3 is 5.32 Å². The number of hydrogen-bond acceptors (Lipinski definition) is 2. The lowest BCUT2D eigenvalue weighted by atomic mass is 10.2. The Hall–Kier alpha value is -2.24. The Morgan fingerprint density at radius 1 is 1.12 bits per heavy atom. The Kier molecular flexibility index (Phi) is 4.92. The summed E-state index contributed by atoms with van der Waals surface area (Å²) >= 11 is 8.80. The third-order valence-electron chi connectivity index (χ3n) is 3.56. The molecule has 5 heteroatoms. The Morgan fingerprint density at radius 2 is 1.79 bits per heavy atom. The summed E-state index contributed by atoms with van der Waals surface area (Å²) in [6, 6.07) is 17.6. The molecule has 120 valence electrons. The first-order valence-corrected chi connectivity index (χ1v) is 8.61. The van der Waals surface area contributed by atoms with Gasteiger partial charge in [-0.25, -0.2) is 0 Å². The van der Waals surface area contributed by atoms with Crippen molar-refractivity contribution in [1.29, 1.82) is 0 Å². The van der Waals surface area contributed by atoms with E-state index in [4.69, 9.17) is 12.2 Å². The number of carbonyl (C=O) groups excluding carboxylic acids is 1. The number of amides is 1. The van der Waals surface area contributed by atoms with E-state index in [1.165, 1.54) is 4.90 Å². The van der Waals surface area contributed by atoms with E-state index < -0.39 is 0 Å². The van der Waals surface area contributed by atoms with Crippen LogP contribution in [0.3, 0.4) is 0 Å². The normalized spacial score (nSPS) is 16.7. The molecule has 0 bridgehead atoms. The lowest BCUT2D eigenvalue weighted by molar-refractivity contribution is -0.113. The molecule has 1 N–H and O–H groups in total. The quantitative estimate of drug-likeness (QED) is 0.608. The number of aryl methyl sites for hydroxylation is 1. The van der Waals surface area contributed by atoms with E-state index in [1.54, 1.807) is 6.08 Å². The molecular weight excluding hydrogens is 384 g/mol. The van der Waals surface area contributed by atoms with Gasteiger partial charge in [0.25, 0.3) is 5.91 Å². The molecule has 0 atom stereocenters. The molecule has 3 nitrogen and oxygen atoms in total. The summed E-state index contributed by atoms with van der Waals surface area (Å²) in [5.41, 5.74) is 3.38. The number of thiocarbonyl (C=S) groups is 1. The van der Waals surface area contributed by atoms with Crippen LogP contribution in [0.1, 0.15) is 11.1 Å². The van der Waals surface area contributed by atoms with Crippen LogP contribution in [0.4, 0.5) is 5.69 Å². The maximum atomic E-state index is 12.6. The van der Waals surface area contributed by atoms with Crippen LogP contribution in [0, 0.1) is 6.92 Å². The highest BCUT2D eigenvalue weighted by Gasteiger charge is 2.31. The first-order valence-electron chi connectivity index (χ1n) is 7.40. The number of halogens is 1. The number of benzene rings is 2. The van der Waals surface area contributed by atoms with E-state index in [9.17, 15) is 4.79 Å². The van der Waals surface area contributed by atoms with Crippen molar-refractivity contribution in [2.45, 2.75) is 6.92 Å². The van der Waals surface area contributed by atoms with E-state index in [-0.39, 0.29) is 5.91 Å². The molecule has 0 spiro atoms. The minimum atomic E-state index is -0.165. The predicted molar refractivity (Wildman–Crippen MR) is 106 cm³/mol. The van der Waals surface area contributed by atoms with Crippen molar-refractivity contribution < 1.29 is 4.79 Å². The summed E-state index contributed by atoms with van der Waals surface area (Å²) in [4.78, 5) is 14.2. The van der Waals surface area contributed by atoms with E-state index in [2.05, 4.69) is 21.2 Å².